The van der Waals surface area contributed by atoms with Crippen molar-refractivity contribution in [2.45, 2.75) is 0 Å². The average Bonchev–Trinajstić information content (AvgIpc) is 3.43. The van der Waals surface area contributed by atoms with Gasteiger partial charge in [0.25, 0.3) is 0 Å². The lowest BCUT2D eigenvalue weighted by Crippen LogP contribution is -2.09. The quantitative estimate of drug-likeness (QED) is 0.221. The zero-order valence-electron chi connectivity index (χ0n) is 21.9. The SMILES string of the molecule is c1ccc(N(c2ccccc2)c2cccc(-c3ccc(-c4nc5ccccc5n4-c4ccccc4)cc3)c2)cc1. The molecule has 190 valence electrons. The van der Waals surface area contributed by atoms with Gasteiger partial charge in [0.15, 0.2) is 0 Å². The van der Waals surface area contributed by atoms with E-state index < -0.39 is 0 Å². The van der Waals surface area contributed by atoms with Gasteiger partial charge in [0.2, 0.25) is 0 Å². The molecule has 1 aromatic heterocycles. The summed E-state index contributed by atoms with van der Waals surface area (Å²) in [7, 11) is 0. The van der Waals surface area contributed by atoms with Gasteiger partial charge < -0.3 is 4.90 Å². The van der Waals surface area contributed by atoms with Crippen LogP contribution in [0.15, 0.2) is 164 Å². The smallest absolute Gasteiger partial charge is 0.145 e. The Morgan fingerprint density at radius 2 is 0.975 bits per heavy atom. The monoisotopic (exact) mass is 513 g/mol. The number of para-hydroxylation sites is 5. The molecule has 0 aliphatic heterocycles. The van der Waals surface area contributed by atoms with Gasteiger partial charge in [0.05, 0.1) is 11.0 Å². The molecule has 0 saturated carbocycles. The number of anilines is 3. The number of nitrogens with zero attached hydrogens (tertiary/aromatic N) is 3. The van der Waals surface area contributed by atoms with Crippen LogP contribution in [0.5, 0.6) is 0 Å². The molecule has 0 spiro atoms. The van der Waals surface area contributed by atoms with Crippen molar-refractivity contribution >= 4 is 28.1 Å². The summed E-state index contributed by atoms with van der Waals surface area (Å²) in [5, 5.41) is 0. The van der Waals surface area contributed by atoms with Gasteiger partial charge in [0, 0.05) is 28.3 Å². The first-order chi connectivity index (χ1) is 19.8. The van der Waals surface area contributed by atoms with Crippen LogP contribution in [0.4, 0.5) is 17.1 Å². The first kappa shape index (κ1) is 23.7. The fourth-order valence-corrected chi connectivity index (χ4v) is 5.30. The van der Waals surface area contributed by atoms with Crippen LogP contribution in [0.3, 0.4) is 0 Å². The zero-order valence-corrected chi connectivity index (χ0v) is 21.9. The van der Waals surface area contributed by atoms with E-state index in [1.54, 1.807) is 0 Å². The van der Waals surface area contributed by atoms with Crippen LogP contribution < -0.4 is 4.90 Å². The van der Waals surface area contributed by atoms with Crippen LogP contribution in [0.2, 0.25) is 0 Å². The predicted molar refractivity (Wildman–Crippen MR) is 167 cm³/mol. The molecule has 0 N–H and O–H groups in total. The Kier molecular flexibility index (Phi) is 6.15. The number of benzene rings is 6. The molecule has 1 heterocycles. The highest BCUT2D eigenvalue weighted by Crippen LogP contribution is 2.37. The molecule has 0 unspecified atom stereocenters. The lowest BCUT2D eigenvalue weighted by atomic mass is 10.0. The second kappa shape index (κ2) is 10.4. The highest BCUT2D eigenvalue weighted by atomic mass is 15.1. The normalized spacial score (nSPS) is 11.0. The molecule has 3 heteroatoms. The molecule has 0 bridgehead atoms. The molecule has 0 amide bonds. The number of hydrogen-bond donors (Lipinski definition) is 0. The summed E-state index contributed by atoms with van der Waals surface area (Å²) in [4.78, 5) is 7.31. The summed E-state index contributed by atoms with van der Waals surface area (Å²) in [6.45, 7) is 0. The lowest BCUT2D eigenvalue weighted by molar-refractivity contribution is 1.10. The van der Waals surface area contributed by atoms with Crippen molar-refractivity contribution in [3.8, 4) is 28.2 Å². The van der Waals surface area contributed by atoms with E-state index in [0.717, 1.165) is 56.3 Å². The highest BCUT2D eigenvalue weighted by molar-refractivity contribution is 5.84. The molecular formula is C37H27N3. The Labute approximate surface area is 234 Å². The summed E-state index contributed by atoms with van der Waals surface area (Å²) in [6.07, 6.45) is 0. The Balaban J connectivity index is 1.28. The van der Waals surface area contributed by atoms with Crippen molar-refractivity contribution in [1.29, 1.82) is 0 Å². The summed E-state index contributed by atoms with van der Waals surface area (Å²) in [6, 6.07) is 57.2. The Morgan fingerprint density at radius 3 is 1.65 bits per heavy atom. The Hall–Kier alpha value is -5.41. The molecule has 0 radical (unpaired) electrons. The van der Waals surface area contributed by atoms with Gasteiger partial charge >= 0.3 is 0 Å². The molecule has 7 rings (SSSR count). The van der Waals surface area contributed by atoms with E-state index in [4.69, 9.17) is 4.98 Å². The minimum absolute atomic E-state index is 0.937. The van der Waals surface area contributed by atoms with Crippen molar-refractivity contribution in [1.82, 2.24) is 9.55 Å². The van der Waals surface area contributed by atoms with Gasteiger partial charge in [-0.1, -0.05) is 103 Å². The maximum Gasteiger partial charge on any atom is 0.145 e. The van der Waals surface area contributed by atoms with Crippen LogP contribution in [0, 0.1) is 0 Å². The molecule has 0 atom stereocenters. The molecular weight excluding hydrogens is 486 g/mol. The summed E-state index contributed by atoms with van der Waals surface area (Å²) < 4.78 is 2.24. The molecule has 0 saturated heterocycles. The highest BCUT2D eigenvalue weighted by Gasteiger charge is 2.15. The molecule has 6 aromatic carbocycles. The second-order valence-corrected chi connectivity index (χ2v) is 9.73. The third kappa shape index (κ3) is 4.44. The number of rotatable bonds is 6. The van der Waals surface area contributed by atoms with Crippen LogP contribution in [0.1, 0.15) is 0 Å². The third-order valence-electron chi connectivity index (χ3n) is 7.18. The fourth-order valence-electron chi connectivity index (χ4n) is 5.30. The minimum Gasteiger partial charge on any atom is -0.310 e. The number of hydrogen-bond acceptors (Lipinski definition) is 2. The summed E-state index contributed by atoms with van der Waals surface area (Å²) in [5.41, 5.74) is 9.96. The molecule has 3 nitrogen and oxygen atoms in total. The number of fused-ring (bicyclic) bond motifs is 1. The lowest BCUT2D eigenvalue weighted by Gasteiger charge is -2.25. The first-order valence-electron chi connectivity index (χ1n) is 13.5. The molecule has 0 aliphatic rings. The van der Waals surface area contributed by atoms with E-state index in [2.05, 4.69) is 161 Å². The van der Waals surface area contributed by atoms with E-state index >= 15 is 0 Å². The fraction of sp³-hybridized carbons (Fsp3) is 0. The number of imidazole rings is 1. The van der Waals surface area contributed by atoms with Crippen LogP contribution in [-0.2, 0) is 0 Å². The first-order valence-corrected chi connectivity index (χ1v) is 13.5. The van der Waals surface area contributed by atoms with Gasteiger partial charge in [0.1, 0.15) is 5.82 Å². The van der Waals surface area contributed by atoms with Gasteiger partial charge in [-0.15, -0.1) is 0 Å². The van der Waals surface area contributed by atoms with Crippen LogP contribution in [0.25, 0.3) is 39.2 Å². The van der Waals surface area contributed by atoms with Gasteiger partial charge in [-0.3, -0.25) is 4.57 Å². The predicted octanol–water partition coefficient (Wildman–Crippen LogP) is 9.83. The van der Waals surface area contributed by atoms with Crippen molar-refractivity contribution in [2.75, 3.05) is 4.90 Å². The average molecular weight is 514 g/mol. The molecule has 40 heavy (non-hydrogen) atoms. The summed E-state index contributed by atoms with van der Waals surface area (Å²) in [5.74, 6) is 0.937. The third-order valence-corrected chi connectivity index (χ3v) is 7.18. The standard InChI is InChI=1S/C37H27N3/c1-4-14-31(15-5-1)39(32-16-6-2-7-17-32)34-20-12-13-30(27-34)28-23-25-29(26-24-28)37-38-35-21-10-11-22-36(35)40(37)33-18-8-3-9-19-33/h1-27H. The van der Waals surface area contributed by atoms with Crippen molar-refractivity contribution in [3.05, 3.63) is 164 Å². The van der Waals surface area contributed by atoms with Crippen LogP contribution in [-0.4, -0.2) is 9.55 Å². The van der Waals surface area contributed by atoms with E-state index in [9.17, 15) is 0 Å². The largest absolute Gasteiger partial charge is 0.310 e. The van der Waals surface area contributed by atoms with Gasteiger partial charge in [-0.05, 0) is 71.8 Å². The van der Waals surface area contributed by atoms with Crippen molar-refractivity contribution in [2.24, 2.45) is 0 Å². The van der Waals surface area contributed by atoms with E-state index in [1.165, 1.54) is 0 Å². The summed E-state index contributed by atoms with van der Waals surface area (Å²) >= 11 is 0. The van der Waals surface area contributed by atoms with E-state index in [-0.39, 0.29) is 0 Å². The van der Waals surface area contributed by atoms with Crippen molar-refractivity contribution in [3.63, 3.8) is 0 Å². The zero-order chi connectivity index (χ0) is 26.7. The maximum atomic E-state index is 5.02. The van der Waals surface area contributed by atoms with E-state index in [0.29, 0.717) is 0 Å². The Morgan fingerprint density at radius 1 is 0.425 bits per heavy atom. The Bertz CT molecular complexity index is 1830. The second-order valence-electron chi connectivity index (χ2n) is 9.73. The van der Waals surface area contributed by atoms with E-state index in [1.807, 2.05) is 12.1 Å². The van der Waals surface area contributed by atoms with Crippen molar-refractivity contribution < 1.29 is 0 Å². The maximum absolute atomic E-state index is 5.02. The van der Waals surface area contributed by atoms with Gasteiger partial charge in [-0.25, -0.2) is 4.98 Å². The molecule has 7 aromatic rings. The number of aromatic nitrogens is 2. The minimum atomic E-state index is 0.937. The van der Waals surface area contributed by atoms with Gasteiger partial charge in [-0.2, -0.15) is 0 Å². The molecule has 0 fully saturated rings. The van der Waals surface area contributed by atoms with Crippen LogP contribution >= 0.6 is 0 Å². The topological polar surface area (TPSA) is 21.1 Å². The molecule has 0 aliphatic carbocycles.